The number of hydrogen-bond donors (Lipinski definition) is 2. The van der Waals surface area contributed by atoms with Crippen molar-refractivity contribution in [2.75, 3.05) is 11.9 Å². The van der Waals surface area contributed by atoms with Crippen molar-refractivity contribution in [1.29, 1.82) is 0 Å². The number of halogens is 1. The third-order valence-corrected chi connectivity index (χ3v) is 3.10. The van der Waals surface area contributed by atoms with Crippen molar-refractivity contribution in [3.63, 3.8) is 0 Å². The van der Waals surface area contributed by atoms with Crippen LogP contribution >= 0.6 is 0 Å². The summed E-state index contributed by atoms with van der Waals surface area (Å²) in [5.74, 6) is 0.0596. The molecule has 0 spiro atoms. The van der Waals surface area contributed by atoms with Gasteiger partial charge in [0.25, 0.3) is 5.91 Å². The lowest BCUT2D eigenvalue weighted by atomic mass is 10.1. The molecule has 0 saturated heterocycles. The SMILES string of the molecule is CCNc1cc(C(=O)NC(C)c2ccccc2F)ccn1. The number of benzene rings is 1. The van der Waals surface area contributed by atoms with Crippen LogP contribution in [0.3, 0.4) is 0 Å². The summed E-state index contributed by atoms with van der Waals surface area (Å²) < 4.78 is 13.7. The highest BCUT2D eigenvalue weighted by molar-refractivity contribution is 5.95. The van der Waals surface area contributed by atoms with Crippen molar-refractivity contribution >= 4 is 11.7 Å². The summed E-state index contributed by atoms with van der Waals surface area (Å²) in [6.45, 7) is 4.43. The maximum absolute atomic E-state index is 13.7. The number of anilines is 1. The summed E-state index contributed by atoms with van der Waals surface area (Å²) in [6, 6.07) is 9.31. The molecule has 1 atom stereocenters. The molecule has 0 saturated carbocycles. The van der Waals surface area contributed by atoms with Crippen LogP contribution in [-0.2, 0) is 0 Å². The molecular weight excluding hydrogens is 269 g/mol. The van der Waals surface area contributed by atoms with Crippen LogP contribution in [0.5, 0.6) is 0 Å². The normalized spacial score (nSPS) is 11.8. The number of pyridine rings is 1. The number of nitrogens with zero attached hydrogens (tertiary/aromatic N) is 1. The third kappa shape index (κ3) is 3.78. The molecule has 110 valence electrons. The highest BCUT2D eigenvalue weighted by Gasteiger charge is 2.14. The minimum atomic E-state index is -0.408. The molecule has 21 heavy (non-hydrogen) atoms. The topological polar surface area (TPSA) is 54.0 Å². The molecule has 1 aromatic carbocycles. The lowest BCUT2D eigenvalue weighted by molar-refractivity contribution is 0.0939. The second-order valence-electron chi connectivity index (χ2n) is 4.68. The van der Waals surface area contributed by atoms with Gasteiger partial charge in [0.2, 0.25) is 0 Å². The van der Waals surface area contributed by atoms with E-state index in [1.54, 1.807) is 43.5 Å². The summed E-state index contributed by atoms with van der Waals surface area (Å²) in [5.41, 5.74) is 0.955. The van der Waals surface area contributed by atoms with Crippen LogP contribution in [-0.4, -0.2) is 17.4 Å². The lowest BCUT2D eigenvalue weighted by Gasteiger charge is -2.15. The van der Waals surface area contributed by atoms with E-state index in [-0.39, 0.29) is 11.7 Å². The Morgan fingerprint density at radius 3 is 2.81 bits per heavy atom. The Morgan fingerprint density at radius 1 is 1.33 bits per heavy atom. The van der Waals surface area contributed by atoms with Gasteiger partial charge in [-0.2, -0.15) is 0 Å². The van der Waals surface area contributed by atoms with E-state index in [1.165, 1.54) is 6.07 Å². The number of carbonyl (C=O) groups excluding carboxylic acids is 1. The highest BCUT2D eigenvalue weighted by Crippen LogP contribution is 2.17. The molecule has 1 heterocycles. The first-order valence-electron chi connectivity index (χ1n) is 6.87. The Bertz CT molecular complexity index is 630. The van der Waals surface area contributed by atoms with E-state index in [4.69, 9.17) is 0 Å². The molecule has 0 aliphatic heterocycles. The molecule has 2 N–H and O–H groups in total. The first kappa shape index (κ1) is 15.0. The van der Waals surface area contributed by atoms with E-state index < -0.39 is 6.04 Å². The predicted octanol–water partition coefficient (Wildman–Crippen LogP) is 3.14. The minimum absolute atomic E-state index is 0.257. The molecule has 0 fully saturated rings. The molecule has 0 aliphatic rings. The lowest BCUT2D eigenvalue weighted by Crippen LogP contribution is -2.27. The Labute approximate surface area is 123 Å². The standard InChI is InChI=1S/C16H18FN3O/c1-3-18-15-10-12(8-9-19-15)16(21)20-11(2)13-6-4-5-7-14(13)17/h4-11H,3H2,1-2H3,(H,18,19)(H,20,21). The Kier molecular flexibility index (Phi) is 4.87. The van der Waals surface area contributed by atoms with Gasteiger partial charge in [0, 0.05) is 23.9 Å². The first-order valence-corrected chi connectivity index (χ1v) is 6.87. The summed E-state index contributed by atoms with van der Waals surface area (Å²) >= 11 is 0. The molecule has 1 amide bonds. The maximum atomic E-state index is 13.7. The Morgan fingerprint density at radius 2 is 2.10 bits per heavy atom. The fourth-order valence-corrected chi connectivity index (χ4v) is 2.03. The zero-order chi connectivity index (χ0) is 15.2. The fourth-order valence-electron chi connectivity index (χ4n) is 2.03. The van der Waals surface area contributed by atoms with E-state index in [1.807, 2.05) is 6.92 Å². The predicted molar refractivity (Wildman–Crippen MR) is 80.7 cm³/mol. The molecule has 0 bridgehead atoms. The number of nitrogens with one attached hydrogen (secondary N) is 2. The third-order valence-electron chi connectivity index (χ3n) is 3.10. The van der Waals surface area contributed by atoms with Gasteiger partial charge >= 0.3 is 0 Å². The summed E-state index contributed by atoms with van der Waals surface area (Å²) in [4.78, 5) is 16.3. The van der Waals surface area contributed by atoms with Crippen LogP contribution in [0.1, 0.15) is 35.8 Å². The van der Waals surface area contributed by atoms with Crippen LogP contribution in [0.15, 0.2) is 42.6 Å². The molecule has 2 rings (SSSR count). The number of aromatic nitrogens is 1. The van der Waals surface area contributed by atoms with Gasteiger partial charge in [-0.05, 0) is 32.0 Å². The number of rotatable bonds is 5. The summed E-state index contributed by atoms with van der Waals surface area (Å²) in [5, 5.41) is 5.83. The smallest absolute Gasteiger partial charge is 0.251 e. The molecule has 2 aromatic rings. The van der Waals surface area contributed by atoms with Gasteiger partial charge < -0.3 is 10.6 Å². The van der Waals surface area contributed by atoms with Crippen molar-refractivity contribution < 1.29 is 9.18 Å². The minimum Gasteiger partial charge on any atom is -0.370 e. The molecule has 1 unspecified atom stereocenters. The van der Waals surface area contributed by atoms with E-state index in [9.17, 15) is 9.18 Å². The fraction of sp³-hybridized carbons (Fsp3) is 0.250. The van der Waals surface area contributed by atoms with Crippen LogP contribution in [0.2, 0.25) is 0 Å². The quantitative estimate of drug-likeness (QED) is 0.888. The average molecular weight is 287 g/mol. The van der Waals surface area contributed by atoms with Crippen molar-refractivity contribution in [3.8, 4) is 0 Å². The molecule has 5 heteroatoms. The largest absolute Gasteiger partial charge is 0.370 e. The zero-order valence-electron chi connectivity index (χ0n) is 12.1. The monoisotopic (exact) mass is 287 g/mol. The molecule has 0 radical (unpaired) electrons. The van der Waals surface area contributed by atoms with Gasteiger partial charge in [-0.25, -0.2) is 9.37 Å². The Hall–Kier alpha value is -2.43. The van der Waals surface area contributed by atoms with Crippen molar-refractivity contribution in [2.24, 2.45) is 0 Å². The van der Waals surface area contributed by atoms with Gasteiger partial charge in [-0.1, -0.05) is 18.2 Å². The van der Waals surface area contributed by atoms with Gasteiger partial charge in [0.1, 0.15) is 11.6 Å². The van der Waals surface area contributed by atoms with Gasteiger partial charge in [0.05, 0.1) is 6.04 Å². The zero-order valence-corrected chi connectivity index (χ0v) is 12.1. The average Bonchev–Trinajstić information content (AvgIpc) is 2.48. The van der Waals surface area contributed by atoms with Crippen LogP contribution in [0, 0.1) is 5.82 Å². The molecule has 0 aliphatic carbocycles. The van der Waals surface area contributed by atoms with Gasteiger partial charge in [0.15, 0.2) is 0 Å². The Balaban J connectivity index is 2.11. The van der Waals surface area contributed by atoms with Crippen LogP contribution in [0.4, 0.5) is 10.2 Å². The molecular formula is C16H18FN3O. The molecule has 4 nitrogen and oxygen atoms in total. The van der Waals surface area contributed by atoms with E-state index in [2.05, 4.69) is 15.6 Å². The van der Waals surface area contributed by atoms with E-state index in [0.29, 0.717) is 16.9 Å². The van der Waals surface area contributed by atoms with Crippen molar-refractivity contribution in [2.45, 2.75) is 19.9 Å². The number of carbonyl (C=O) groups is 1. The van der Waals surface area contributed by atoms with E-state index in [0.717, 1.165) is 6.54 Å². The highest BCUT2D eigenvalue weighted by atomic mass is 19.1. The van der Waals surface area contributed by atoms with Gasteiger partial charge in [-0.15, -0.1) is 0 Å². The maximum Gasteiger partial charge on any atom is 0.251 e. The first-order chi connectivity index (χ1) is 10.1. The van der Waals surface area contributed by atoms with Crippen LogP contribution < -0.4 is 10.6 Å². The second kappa shape index (κ2) is 6.83. The van der Waals surface area contributed by atoms with E-state index >= 15 is 0 Å². The number of hydrogen-bond acceptors (Lipinski definition) is 3. The number of amides is 1. The van der Waals surface area contributed by atoms with Crippen molar-refractivity contribution in [1.82, 2.24) is 10.3 Å². The second-order valence-corrected chi connectivity index (χ2v) is 4.68. The van der Waals surface area contributed by atoms with Crippen LogP contribution in [0.25, 0.3) is 0 Å². The summed E-state index contributed by atoms with van der Waals surface area (Å²) in [6.07, 6.45) is 1.57. The van der Waals surface area contributed by atoms with Crippen molar-refractivity contribution in [3.05, 3.63) is 59.5 Å². The molecule has 1 aromatic heterocycles. The summed E-state index contributed by atoms with van der Waals surface area (Å²) in [7, 11) is 0. The van der Waals surface area contributed by atoms with Gasteiger partial charge in [-0.3, -0.25) is 4.79 Å².